The van der Waals surface area contributed by atoms with E-state index in [9.17, 15) is 8.78 Å². The number of ether oxygens (including phenoxy) is 1. The van der Waals surface area contributed by atoms with E-state index in [2.05, 4.69) is 11.8 Å². The molecule has 0 radical (unpaired) electrons. The third kappa shape index (κ3) is 4.56. The number of aliphatic imine (C=N–C) groups is 1. The molecule has 0 unspecified atom stereocenters. The van der Waals surface area contributed by atoms with E-state index in [-0.39, 0.29) is 18.3 Å². The molecule has 1 saturated carbocycles. The van der Waals surface area contributed by atoms with Crippen LogP contribution in [0.15, 0.2) is 47.5 Å². The number of nitrogens with two attached hydrogens (primary N) is 1. The van der Waals surface area contributed by atoms with E-state index in [4.69, 9.17) is 20.6 Å². The molecule has 0 saturated heterocycles. The number of benzene rings is 2. The van der Waals surface area contributed by atoms with E-state index in [1.807, 2.05) is 42.3 Å². The van der Waals surface area contributed by atoms with Crippen molar-refractivity contribution >= 4 is 5.96 Å². The number of unbranched alkanes of at least 4 members (excludes halogenated alkanes) is 1. The highest BCUT2D eigenvalue weighted by atomic mass is 19.3. The van der Waals surface area contributed by atoms with Gasteiger partial charge < -0.3 is 20.5 Å². The Kier molecular flexibility index (Phi) is 6.33. The fraction of sp³-hybridized carbons (Fsp3) is 0.400. The fourth-order valence-corrected chi connectivity index (χ4v) is 4.13. The van der Waals surface area contributed by atoms with Crippen molar-refractivity contribution in [1.82, 2.24) is 4.90 Å². The minimum Gasteiger partial charge on any atom is -0.435 e. The first kappa shape index (κ1) is 22.1. The van der Waals surface area contributed by atoms with Crippen LogP contribution >= 0.6 is 0 Å². The average molecular weight is 440 g/mol. The average Bonchev–Trinajstić information content (AvgIpc) is 3.57. The summed E-state index contributed by atoms with van der Waals surface area (Å²) >= 11 is 0. The normalized spacial score (nSPS) is 20.2. The predicted octanol–water partition coefficient (Wildman–Crippen LogP) is 3.79. The first-order valence-corrected chi connectivity index (χ1v) is 10.8. The molecule has 1 atom stereocenters. The molecule has 1 aliphatic heterocycles. The molecule has 1 fully saturated rings. The van der Waals surface area contributed by atoms with E-state index in [0.29, 0.717) is 25.3 Å². The summed E-state index contributed by atoms with van der Waals surface area (Å²) in [6.45, 7) is -2.22. The number of aliphatic hydroxyl groups excluding tert-OH is 1. The maximum Gasteiger partial charge on any atom is 0.387 e. The summed E-state index contributed by atoms with van der Waals surface area (Å²) in [6.07, 6.45) is 3.18. The first-order valence-electron chi connectivity index (χ1n) is 10.8. The van der Waals surface area contributed by atoms with Crippen LogP contribution in [0.5, 0.6) is 5.75 Å². The van der Waals surface area contributed by atoms with Crippen LogP contribution in [0.4, 0.5) is 8.78 Å². The molecule has 1 aliphatic carbocycles. The smallest absolute Gasteiger partial charge is 0.387 e. The largest absolute Gasteiger partial charge is 0.435 e. The zero-order valence-corrected chi connectivity index (χ0v) is 18.0. The van der Waals surface area contributed by atoms with Gasteiger partial charge in [0.05, 0.1) is 6.54 Å². The molecular weight excluding hydrogens is 412 g/mol. The summed E-state index contributed by atoms with van der Waals surface area (Å²) in [5.41, 5.74) is 8.89. The Morgan fingerprint density at radius 2 is 2.03 bits per heavy atom. The van der Waals surface area contributed by atoms with Crippen molar-refractivity contribution in [3.05, 3.63) is 64.7 Å². The Labute approximate surface area is 186 Å². The quantitative estimate of drug-likeness (QED) is 0.509. The van der Waals surface area contributed by atoms with E-state index in [1.165, 1.54) is 0 Å². The van der Waals surface area contributed by atoms with Gasteiger partial charge in [-0.3, -0.25) is 0 Å². The van der Waals surface area contributed by atoms with Crippen LogP contribution in [0.2, 0.25) is 0 Å². The van der Waals surface area contributed by atoms with Gasteiger partial charge in [0.2, 0.25) is 0 Å². The molecule has 5 nitrogen and oxygen atoms in total. The predicted molar refractivity (Wildman–Crippen MR) is 120 cm³/mol. The molecule has 0 amide bonds. The Balaban J connectivity index is 1.77. The number of halogens is 2. The van der Waals surface area contributed by atoms with Crippen LogP contribution in [0, 0.1) is 11.8 Å². The fourth-order valence-electron chi connectivity index (χ4n) is 4.13. The van der Waals surface area contributed by atoms with Gasteiger partial charge >= 0.3 is 6.61 Å². The minimum absolute atomic E-state index is 0.118. The highest BCUT2D eigenvalue weighted by molar-refractivity contribution is 5.81. The Bertz CT molecular complexity index is 1070. The van der Waals surface area contributed by atoms with Crippen molar-refractivity contribution in [2.24, 2.45) is 10.7 Å². The lowest BCUT2D eigenvalue weighted by Crippen LogP contribution is -2.35. The maximum atomic E-state index is 12.9. The highest BCUT2D eigenvalue weighted by Gasteiger charge is 2.42. The van der Waals surface area contributed by atoms with Gasteiger partial charge in [0, 0.05) is 25.6 Å². The summed E-state index contributed by atoms with van der Waals surface area (Å²) < 4.78 is 30.6. The number of aliphatic hydroxyl groups is 1. The molecule has 0 aromatic heterocycles. The molecule has 2 aromatic carbocycles. The Morgan fingerprint density at radius 3 is 2.69 bits per heavy atom. The lowest BCUT2D eigenvalue weighted by atomic mass is 9.82. The first-order chi connectivity index (χ1) is 15.4. The monoisotopic (exact) mass is 439 g/mol. The van der Waals surface area contributed by atoms with Crippen molar-refractivity contribution in [1.29, 1.82) is 0 Å². The molecule has 3 N–H and O–H groups in total. The van der Waals surface area contributed by atoms with Gasteiger partial charge in [-0.1, -0.05) is 30.0 Å². The number of alkyl halides is 2. The Hall–Kier alpha value is -3.11. The van der Waals surface area contributed by atoms with Crippen molar-refractivity contribution in [2.45, 2.75) is 43.8 Å². The summed E-state index contributed by atoms with van der Waals surface area (Å²) in [7, 11) is 1.88. The van der Waals surface area contributed by atoms with Gasteiger partial charge in [-0.25, -0.2) is 4.99 Å². The van der Waals surface area contributed by atoms with E-state index >= 15 is 0 Å². The summed E-state index contributed by atoms with van der Waals surface area (Å²) in [6, 6.07) is 13.2. The molecule has 7 heteroatoms. The second kappa shape index (κ2) is 9.17. The molecule has 1 heterocycles. The molecule has 0 spiro atoms. The zero-order chi connectivity index (χ0) is 22.7. The zero-order valence-electron chi connectivity index (χ0n) is 18.0. The van der Waals surface area contributed by atoms with Crippen LogP contribution in [0.1, 0.15) is 53.9 Å². The second-order valence-corrected chi connectivity index (χ2v) is 8.30. The lowest BCUT2D eigenvalue weighted by Gasteiger charge is -2.29. The molecule has 32 heavy (non-hydrogen) atoms. The molecule has 0 bridgehead atoms. The van der Waals surface area contributed by atoms with Crippen molar-refractivity contribution in [3.63, 3.8) is 0 Å². The summed E-state index contributed by atoms with van der Waals surface area (Å²) in [4.78, 5) is 6.74. The number of nitrogens with zero attached hydrogens (tertiary/aromatic N) is 2. The summed E-state index contributed by atoms with van der Waals surface area (Å²) in [5.74, 6) is 7.10. The van der Waals surface area contributed by atoms with Crippen molar-refractivity contribution in [3.8, 4) is 17.6 Å². The third-order valence-corrected chi connectivity index (χ3v) is 5.92. The number of hydrogen-bond donors (Lipinski definition) is 2. The standard InChI is InChI=1S/C25H27F2N3O2/c1-30-16-25(29-24(30)28,19-8-5-7-17(14-19)6-3-2-4-13-31)20-11-12-22(32-23(26)27)21(15-20)18-9-10-18/h5,7-8,11-12,14-15,18,23,31H,2,4,9-10,13,16H2,1H3,(H2,28,29)/t25-/m1/s1. The van der Waals surface area contributed by atoms with Gasteiger partial charge in [0.15, 0.2) is 5.96 Å². The number of hydrogen-bond acceptors (Lipinski definition) is 5. The van der Waals surface area contributed by atoms with Gasteiger partial charge in [-0.05, 0) is 66.1 Å². The second-order valence-electron chi connectivity index (χ2n) is 8.30. The highest BCUT2D eigenvalue weighted by Crippen LogP contribution is 2.47. The number of rotatable bonds is 7. The molecule has 168 valence electrons. The van der Waals surface area contributed by atoms with Gasteiger partial charge in [0.25, 0.3) is 0 Å². The summed E-state index contributed by atoms with van der Waals surface area (Å²) in [5, 5.41) is 8.94. The van der Waals surface area contributed by atoms with Gasteiger partial charge in [-0.15, -0.1) is 0 Å². The maximum absolute atomic E-state index is 12.9. The SMILES string of the molecule is CN1C[C@@](c2cccc(C#CCCCO)c2)(c2ccc(OC(F)F)c(C3CC3)c2)N=C1N. The van der Waals surface area contributed by atoms with Crippen molar-refractivity contribution < 1.29 is 18.6 Å². The molecular formula is C25H27F2N3O2. The van der Waals surface area contributed by atoms with Crippen molar-refractivity contribution in [2.75, 3.05) is 20.2 Å². The molecule has 4 rings (SSSR count). The van der Waals surface area contributed by atoms with E-state index in [1.54, 1.807) is 12.1 Å². The van der Waals surface area contributed by atoms with Crippen LogP contribution in [-0.2, 0) is 5.54 Å². The lowest BCUT2D eigenvalue weighted by molar-refractivity contribution is -0.0504. The van der Waals surface area contributed by atoms with Crippen LogP contribution in [-0.4, -0.2) is 42.8 Å². The molecule has 2 aliphatic rings. The topological polar surface area (TPSA) is 71.1 Å². The van der Waals surface area contributed by atoms with Gasteiger partial charge in [0.1, 0.15) is 11.3 Å². The Morgan fingerprint density at radius 1 is 1.25 bits per heavy atom. The van der Waals surface area contributed by atoms with Gasteiger partial charge in [-0.2, -0.15) is 8.78 Å². The van der Waals surface area contributed by atoms with Crippen LogP contribution < -0.4 is 10.5 Å². The van der Waals surface area contributed by atoms with Crippen LogP contribution in [0.3, 0.4) is 0 Å². The number of guanidine groups is 1. The van der Waals surface area contributed by atoms with E-state index < -0.39 is 12.2 Å². The minimum atomic E-state index is -2.86. The van der Waals surface area contributed by atoms with Crippen LogP contribution in [0.25, 0.3) is 0 Å². The molecule has 2 aromatic rings. The third-order valence-electron chi connectivity index (χ3n) is 5.92. The van der Waals surface area contributed by atoms with E-state index in [0.717, 1.165) is 35.1 Å². The number of likely N-dealkylation sites (N-methyl/N-ethyl adjacent to an activating group) is 1.